The molecule has 4 nitrogen and oxygen atoms in total. The van der Waals surface area contributed by atoms with Gasteiger partial charge >= 0.3 is 0 Å². The SMILES string of the molecule is Cc1cc(C)nc(NN=Cc2ccccc2Cl)n1. The van der Waals surface area contributed by atoms with Crippen molar-refractivity contribution in [2.75, 3.05) is 5.43 Å². The second kappa shape index (κ2) is 5.60. The third kappa shape index (κ3) is 3.28. The van der Waals surface area contributed by atoms with Gasteiger partial charge in [0, 0.05) is 22.0 Å². The Morgan fingerprint density at radius 1 is 1.17 bits per heavy atom. The van der Waals surface area contributed by atoms with Gasteiger partial charge in [-0.1, -0.05) is 29.8 Å². The van der Waals surface area contributed by atoms with Crippen molar-refractivity contribution in [3.05, 3.63) is 52.3 Å². The van der Waals surface area contributed by atoms with Crippen LogP contribution in [0.2, 0.25) is 5.02 Å². The minimum absolute atomic E-state index is 0.482. The Kier molecular flexibility index (Phi) is 3.89. The molecule has 0 amide bonds. The summed E-state index contributed by atoms with van der Waals surface area (Å²) in [6.07, 6.45) is 1.64. The highest BCUT2D eigenvalue weighted by molar-refractivity contribution is 6.33. The number of rotatable bonds is 3. The Balaban J connectivity index is 2.10. The van der Waals surface area contributed by atoms with Crippen molar-refractivity contribution < 1.29 is 0 Å². The molecule has 1 aromatic carbocycles. The number of hydrogen-bond donors (Lipinski definition) is 1. The van der Waals surface area contributed by atoms with Gasteiger partial charge in [-0.3, -0.25) is 0 Å². The van der Waals surface area contributed by atoms with Gasteiger partial charge in [-0.15, -0.1) is 0 Å². The molecule has 0 saturated heterocycles. The fourth-order valence-corrected chi connectivity index (χ4v) is 1.70. The van der Waals surface area contributed by atoms with Crippen molar-refractivity contribution in [2.24, 2.45) is 5.10 Å². The first kappa shape index (κ1) is 12.5. The molecule has 5 heteroatoms. The van der Waals surface area contributed by atoms with Crippen LogP contribution in [-0.2, 0) is 0 Å². The first-order valence-electron chi connectivity index (χ1n) is 5.51. The number of nitrogens with zero attached hydrogens (tertiary/aromatic N) is 3. The Labute approximate surface area is 111 Å². The van der Waals surface area contributed by atoms with Crippen LogP contribution in [0, 0.1) is 13.8 Å². The summed E-state index contributed by atoms with van der Waals surface area (Å²) in [4.78, 5) is 8.44. The summed E-state index contributed by atoms with van der Waals surface area (Å²) < 4.78 is 0. The van der Waals surface area contributed by atoms with Crippen LogP contribution >= 0.6 is 11.6 Å². The van der Waals surface area contributed by atoms with E-state index in [0.717, 1.165) is 17.0 Å². The van der Waals surface area contributed by atoms with E-state index in [4.69, 9.17) is 11.6 Å². The van der Waals surface area contributed by atoms with Crippen LogP contribution in [0.5, 0.6) is 0 Å². The molecule has 0 bridgehead atoms. The number of anilines is 1. The summed E-state index contributed by atoms with van der Waals surface area (Å²) in [7, 11) is 0. The summed E-state index contributed by atoms with van der Waals surface area (Å²) in [5.74, 6) is 0.482. The Bertz CT molecular complexity index is 561. The average molecular weight is 261 g/mol. The number of nitrogens with one attached hydrogen (secondary N) is 1. The fourth-order valence-electron chi connectivity index (χ4n) is 1.52. The molecule has 2 aromatic rings. The topological polar surface area (TPSA) is 50.2 Å². The van der Waals surface area contributed by atoms with E-state index < -0.39 is 0 Å². The maximum atomic E-state index is 6.01. The quantitative estimate of drug-likeness (QED) is 0.681. The zero-order valence-corrected chi connectivity index (χ0v) is 10.9. The Morgan fingerprint density at radius 3 is 2.50 bits per heavy atom. The Hall–Kier alpha value is -1.94. The molecule has 0 unspecified atom stereocenters. The van der Waals surface area contributed by atoms with E-state index in [0.29, 0.717) is 11.0 Å². The van der Waals surface area contributed by atoms with Gasteiger partial charge in [0.15, 0.2) is 0 Å². The maximum absolute atomic E-state index is 6.01. The molecule has 0 saturated carbocycles. The predicted molar refractivity (Wildman–Crippen MR) is 74.2 cm³/mol. The van der Waals surface area contributed by atoms with Crippen LogP contribution in [0.25, 0.3) is 0 Å². The number of hydrogen-bond acceptors (Lipinski definition) is 4. The average Bonchev–Trinajstić information content (AvgIpc) is 2.30. The zero-order chi connectivity index (χ0) is 13.0. The molecule has 0 spiro atoms. The molecule has 0 atom stereocenters. The van der Waals surface area contributed by atoms with Gasteiger partial charge in [0.05, 0.1) is 6.21 Å². The summed E-state index contributed by atoms with van der Waals surface area (Å²) >= 11 is 6.01. The predicted octanol–water partition coefficient (Wildman–Crippen LogP) is 3.19. The molecular weight excluding hydrogens is 248 g/mol. The third-order valence-electron chi connectivity index (χ3n) is 2.26. The lowest BCUT2D eigenvalue weighted by Crippen LogP contribution is -1.99. The van der Waals surface area contributed by atoms with E-state index in [-0.39, 0.29) is 0 Å². The maximum Gasteiger partial charge on any atom is 0.243 e. The van der Waals surface area contributed by atoms with E-state index in [1.54, 1.807) is 6.21 Å². The molecule has 1 heterocycles. The van der Waals surface area contributed by atoms with Crippen LogP contribution in [0.4, 0.5) is 5.95 Å². The van der Waals surface area contributed by atoms with Gasteiger partial charge in [0.1, 0.15) is 0 Å². The highest BCUT2D eigenvalue weighted by Crippen LogP contribution is 2.12. The third-order valence-corrected chi connectivity index (χ3v) is 2.60. The lowest BCUT2D eigenvalue weighted by atomic mass is 10.2. The molecule has 0 radical (unpaired) electrons. The standard InChI is InChI=1S/C13H13ClN4/c1-9-7-10(2)17-13(16-9)18-15-8-11-5-3-4-6-12(11)14/h3-8H,1-2H3,(H,16,17,18). The molecule has 0 aliphatic rings. The van der Waals surface area contributed by atoms with E-state index in [1.165, 1.54) is 0 Å². The second-order valence-electron chi connectivity index (χ2n) is 3.87. The summed E-state index contributed by atoms with van der Waals surface area (Å²) in [5.41, 5.74) is 5.44. The van der Waals surface area contributed by atoms with Crippen molar-refractivity contribution in [2.45, 2.75) is 13.8 Å². The van der Waals surface area contributed by atoms with Gasteiger partial charge in [0.25, 0.3) is 0 Å². The van der Waals surface area contributed by atoms with Gasteiger partial charge in [-0.05, 0) is 26.0 Å². The largest absolute Gasteiger partial charge is 0.245 e. The van der Waals surface area contributed by atoms with Crippen LogP contribution in [0.1, 0.15) is 17.0 Å². The van der Waals surface area contributed by atoms with Crippen LogP contribution in [0.15, 0.2) is 35.4 Å². The molecule has 0 aliphatic heterocycles. The number of hydrazone groups is 1. The van der Waals surface area contributed by atoms with Crippen LogP contribution in [-0.4, -0.2) is 16.2 Å². The van der Waals surface area contributed by atoms with Crippen molar-refractivity contribution >= 4 is 23.8 Å². The molecule has 92 valence electrons. The summed E-state index contributed by atoms with van der Waals surface area (Å²) in [6.45, 7) is 3.83. The molecule has 1 N–H and O–H groups in total. The lowest BCUT2D eigenvalue weighted by molar-refractivity contribution is 1.04. The normalized spacial score (nSPS) is 10.8. The van der Waals surface area contributed by atoms with Gasteiger partial charge in [0.2, 0.25) is 5.95 Å². The highest BCUT2D eigenvalue weighted by Gasteiger charge is 1.97. The van der Waals surface area contributed by atoms with E-state index >= 15 is 0 Å². The number of aryl methyl sites for hydroxylation is 2. The highest BCUT2D eigenvalue weighted by atomic mass is 35.5. The molecule has 18 heavy (non-hydrogen) atoms. The zero-order valence-electron chi connectivity index (χ0n) is 10.2. The van der Waals surface area contributed by atoms with Crippen molar-refractivity contribution in [1.82, 2.24) is 9.97 Å². The minimum atomic E-state index is 0.482. The van der Waals surface area contributed by atoms with Gasteiger partial charge in [-0.25, -0.2) is 15.4 Å². The molecular formula is C13H13ClN4. The second-order valence-corrected chi connectivity index (χ2v) is 4.27. The fraction of sp³-hybridized carbons (Fsp3) is 0.154. The number of benzene rings is 1. The van der Waals surface area contributed by atoms with Crippen LogP contribution < -0.4 is 5.43 Å². The molecule has 0 aliphatic carbocycles. The molecule has 0 fully saturated rings. The van der Waals surface area contributed by atoms with Gasteiger partial charge in [-0.2, -0.15) is 5.10 Å². The smallest absolute Gasteiger partial charge is 0.243 e. The molecule has 1 aromatic heterocycles. The first-order chi connectivity index (χ1) is 8.65. The number of aromatic nitrogens is 2. The monoisotopic (exact) mass is 260 g/mol. The van der Waals surface area contributed by atoms with Crippen molar-refractivity contribution in [3.63, 3.8) is 0 Å². The summed E-state index contributed by atoms with van der Waals surface area (Å²) in [6, 6.07) is 9.38. The molecule has 2 rings (SSSR count). The van der Waals surface area contributed by atoms with Crippen molar-refractivity contribution in [1.29, 1.82) is 0 Å². The number of halogens is 1. The van der Waals surface area contributed by atoms with E-state index in [2.05, 4.69) is 20.5 Å². The first-order valence-corrected chi connectivity index (χ1v) is 5.89. The Morgan fingerprint density at radius 2 is 1.83 bits per heavy atom. The minimum Gasteiger partial charge on any atom is -0.245 e. The van der Waals surface area contributed by atoms with Gasteiger partial charge < -0.3 is 0 Å². The lowest BCUT2D eigenvalue weighted by Gasteiger charge is -2.01. The van der Waals surface area contributed by atoms with Crippen LogP contribution in [0.3, 0.4) is 0 Å². The van der Waals surface area contributed by atoms with E-state index in [9.17, 15) is 0 Å². The summed E-state index contributed by atoms with van der Waals surface area (Å²) in [5, 5.41) is 4.73. The van der Waals surface area contributed by atoms with Crippen molar-refractivity contribution in [3.8, 4) is 0 Å². The van der Waals surface area contributed by atoms with E-state index in [1.807, 2.05) is 44.2 Å².